The SMILES string of the molecule is O=C(O)c1ccc(N2CCN(Cc3ccccc3-c3cccc4cccnc34)CC2)cc1. The quantitative estimate of drug-likeness (QED) is 0.494. The molecule has 0 atom stereocenters. The number of nitrogens with zero attached hydrogens (tertiary/aromatic N) is 3. The second-order valence-corrected chi connectivity index (χ2v) is 8.15. The van der Waals surface area contributed by atoms with Gasteiger partial charge in [0.2, 0.25) is 0 Å². The van der Waals surface area contributed by atoms with Crippen molar-refractivity contribution in [2.75, 3.05) is 31.1 Å². The van der Waals surface area contributed by atoms with E-state index in [9.17, 15) is 4.79 Å². The highest BCUT2D eigenvalue weighted by molar-refractivity contribution is 5.94. The Kier molecular flexibility index (Phi) is 5.57. The van der Waals surface area contributed by atoms with Crippen LogP contribution in [0.1, 0.15) is 15.9 Å². The highest BCUT2D eigenvalue weighted by atomic mass is 16.4. The number of aromatic nitrogens is 1. The van der Waals surface area contributed by atoms with Gasteiger partial charge < -0.3 is 10.0 Å². The number of anilines is 1. The van der Waals surface area contributed by atoms with Crippen LogP contribution in [0.5, 0.6) is 0 Å². The summed E-state index contributed by atoms with van der Waals surface area (Å²) < 4.78 is 0. The smallest absolute Gasteiger partial charge is 0.335 e. The van der Waals surface area contributed by atoms with Crippen molar-refractivity contribution in [1.82, 2.24) is 9.88 Å². The number of hydrogen-bond acceptors (Lipinski definition) is 4. The van der Waals surface area contributed by atoms with Gasteiger partial charge in [-0.1, -0.05) is 48.5 Å². The molecule has 1 aliphatic heterocycles. The molecule has 1 fully saturated rings. The summed E-state index contributed by atoms with van der Waals surface area (Å²) in [7, 11) is 0. The molecule has 0 bridgehead atoms. The monoisotopic (exact) mass is 423 g/mol. The molecule has 5 nitrogen and oxygen atoms in total. The Hall–Kier alpha value is -3.70. The molecule has 1 saturated heterocycles. The third-order valence-corrected chi connectivity index (χ3v) is 6.19. The van der Waals surface area contributed by atoms with E-state index in [4.69, 9.17) is 5.11 Å². The summed E-state index contributed by atoms with van der Waals surface area (Å²) >= 11 is 0. The molecule has 32 heavy (non-hydrogen) atoms. The molecular weight excluding hydrogens is 398 g/mol. The zero-order valence-corrected chi connectivity index (χ0v) is 17.8. The molecule has 0 aliphatic carbocycles. The van der Waals surface area contributed by atoms with E-state index >= 15 is 0 Å². The van der Waals surface area contributed by atoms with Crippen LogP contribution in [-0.4, -0.2) is 47.1 Å². The number of carbonyl (C=O) groups is 1. The molecule has 1 N–H and O–H groups in total. The van der Waals surface area contributed by atoms with Crippen LogP contribution in [0.4, 0.5) is 5.69 Å². The molecule has 1 aromatic heterocycles. The molecule has 0 unspecified atom stereocenters. The third kappa shape index (κ3) is 4.07. The van der Waals surface area contributed by atoms with Crippen LogP contribution in [-0.2, 0) is 6.54 Å². The van der Waals surface area contributed by atoms with Gasteiger partial charge in [0.25, 0.3) is 0 Å². The highest BCUT2D eigenvalue weighted by Gasteiger charge is 2.19. The van der Waals surface area contributed by atoms with Crippen molar-refractivity contribution in [2.24, 2.45) is 0 Å². The van der Waals surface area contributed by atoms with Gasteiger partial charge in [-0.15, -0.1) is 0 Å². The summed E-state index contributed by atoms with van der Waals surface area (Å²) in [5.74, 6) is -0.888. The first-order valence-corrected chi connectivity index (χ1v) is 10.9. The minimum Gasteiger partial charge on any atom is -0.478 e. The first-order valence-electron chi connectivity index (χ1n) is 10.9. The minimum absolute atomic E-state index is 0.326. The summed E-state index contributed by atoms with van der Waals surface area (Å²) in [5.41, 5.74) is 6.17. The molecule has 2 heterocycles. The second-order valence-electron chi connectivity index (χ2n) is 8.15. The van der Waals surface area contributed by atoms with Crippen molar-refractivity contribution in [3.63, 3.8) is 0 Å². The van der Waals surface area contributed by atoms with Gasteiger partial charge in [-0.05, 0) is 41.5 Å². The van der Waals surface area contributed by atoms with Gasteiger partial charge in [0, 0.05) is 55.6 Å². The van der Waals surface area contributed by atoms with E-state index in [1.807, 2.05) is 24.4 Å². The van der Waals surface area contributed by atoms with Crippen molar-refractivity contribution >= 4 is 22.6 Å². The zero-order chi connectivity index (χ0) is 21.9. The van der Waals surface area contributed by atoms with Crippen LogP contribution in [0.3, 0.4) is 0 Å². The molecule has 160 valence electrons. The van der Waals surface area contributed by atoms with Crippen molar-refractivity contribution in [2.45, 2.75) is 6.54 Å². The number of piperazine rings is 1. The van der Waals surface area contributed by atoms with Gasteiger partial charge >= 0.3 is 5.97 Å². The predicted octanol–water partition coefficient (Wildman–Crippen LogP) is 4.92. The number of fused-ring (bicyclic) bond motifs is 1. The largest absolute Gasteiger partial charge is 0.478 e. The van der Waals surface area contributed by atoms with E-state index in [1.54, 1.807) is 12.1 Å². The lowest BCUT2D eigenvalue weighted by molar-refractivity contribution is 0.0697. The van der Waals surface area contributed by atoms with Crippen LogP contribution in [0.25, 0.3) is 22.0 Å². The lowest BCUT2D eigenvalue weighted by Gasteiger charge is -2.36. The molecular formula is C27H25N3O2. The normalized spacial score (nSPS) is 14.6. The number of pyridine rings is 1. The maximum absolute atomic E-state index is 11.1. The maximum Gasteiger partial charge on any atom is 0.335 e. The Labute approximate surface area is 187 Å². The minimum atomic E-state index is -0.888. The number of hydrogen-bond donors (Lipinski definition) is 1. The molecule has 5 heteroatoms. The van der Waals surface area contributed by atoms with Crippen LogP contribution >= 0.6 is 0 Å². The zero-order valence-electron chi connectivity index (χ0n) is 17.8. The summed E-state index contributed by atoms with van der Waals surface area (Å²) in [4.78, 5) is 20.5. The number of carboxylic acid groups (broad SMARTS) is 1. The lowest BCUT2D eigenvalue weighted by atomic mass is 9.97. The van der Waals surface area contributed by atoms with Gasteiger partial charge in [0.05, 0.1) is 11.1 Å². The van der Waals surface area contributed by atoms with E-state index in [0.29, 0.717) is 5.56 Å². The van der Waals surface area contributed by atoms with Crippen LogP contribution in [0.2, 0.25) is 0 Å². The van der Waals surface area contributed by atoms with E-state index < -0.39 is 5.97 Å². The average Bonchev–Trinajstić information content (AvgIpc) is 2.85. The number of carboxylic acids is 1. The van der Waals surface area contributed by atoms with E-state index in [0.717, 1.165) is 49.3 Å². The van der Waals surface area contributed by atoms with Crippen molar-refractivity contribution in [1.29, 1.82) is 0 Å². The van der Waals surface area contributed by atoms with E-state index in [1.165, 1.54) is 16.7 Å². The van der Waals surface area contributed by atoms with Gasteiger partial charge in [0.1, 0.15) is 0 Å². The molecule has 0 radical (unpaired) electrons. The molecule has 0 amide bonds. The number of rotatable bonds is 5. The fraction of sp³-hybridized carbons (Fsp3) is 0.185. The van der Waals surface area contributed by atoms with Gasteiger partial charge in [0.15, 0.2) is 0 Å². The fourth-order valence-corrected chi connectivity index (χ4v) is 4.46. The summed E-state index contributed by atoms with van der Waals surface area (Å²) in [6.45, 7) is 4.66. The molecule has 4 aromatic rings. The highest BCUT2D eigenvalue weighted by Crippen LogP contribution is 2.30. The van der Waals surface area contributed by atoms with Crippen LogP contribution < -0.4 is 4.90 Å². The molecule has 0 spiro atoms. The Morgan fingerprint density at radius 3 is 2.31 bits per heavy atom. The number of para-hydroxylation sites is 1. The van der Waals surface area contributed by atoms with Crippen LogP contribution in [0, 0.1) is 0 Å². The summed E-state index contributed by atoms with van der Waals surface area (Å²) in [6, 6.07) is 26.2. The third-order valence-electron chi connectivity index (χ3n) is 6.19. The van der Waals surface area contributed by atoms with Gasteiger partial charge in [-0.25, -0.2) is 4.79 Å². The van der Waals surface area contributed by atoms with Crippen molar-refractivity contribution < 1.29 is 9.90 Å². The molecule has 5 rings (SSSR count). The number of aromatic carboxylic acids is 1. The Morgan fingerprint density at radius 1 is 0.812 bits per heavy atom. The maximum atomic E-state index is 11.1. The van der Waals surface area contributed by atoms with Crippen molar-refractivity contribution in [3.05, 3.63) is 96.2 Å². The predicted molar refractivity (Wildman–Crippen MR) is 128 cm³/mol. The van der Waals surface area contributed by atoms with Gasteiger partial charge in [-0.2, -0.15) is 0 Å². The molecule has 3 aromatic carbocycles. The second kappa shape index (κ2) is 8.81. The van der Waals surface area contributed by atoms with Crippen molar-refractivity contribution in [3.8, 4) is 11.1 Å². The topological polar surface area (TPSA) is 56.7 Å². The Bertz CT molecular complexity index is 1240. The van der Waals surface area contributed by atoms with E-state index in [2.05, 4.69) is 63.3 Å². The number of benzene rings is 3. The first-order chi connectivity index (χ1) is 15.7. The first kappa shape index (κ1) is 20.2. The summed E-state index contributed by atoms with van der Waals surface area (Å²) in [5, 5.41) is 10.3. The molecule has 0 saturated carbocycles. The van der Waals surface area contributed by atoms with E-state index in [-0.39, 0.29) is 0 Å². The van der Waals surface area contributed by atoms with Crippen LogP contribution in [0.15, 0.2) is 85.1 Å². The standard InChI is InChI=1S/C27H25N3O2/c31-27(32)21-10-12-23(13-11-21)30-17-15-29(16-18-30)19-22-5-1-2-8-24(22)25-9-3-6-20-7-4-14-28-26(20)25/h1-14H,15-19H2,(H,31,32). The lowest BCUT2D eigenvalue weighted by Crippen LogP contribution is -2.46. The summed E-state index contributed by atoms with van der Waals surface area (Å²) in [6.07, 6.45) is 1.86. The average molecular weight is 424 g/mol. The fourth-order valence-electron chi connectivity index (χ4n) is 4.46. The molecule has 1 aliphatic rings. The Morgan fingerprint density at radius 2 is 1.53 bits per heavy atom. The Balaban J connectivity index is 1.32. The van der Waals surface area contributed by atoms with Gasteiger partial charge in [-0.3, -0.25) is 9.88 Å².